The molecule has 0 saturated carbocycles. The molecule has 0 aliphatic carbocycles. The largest absolute Gasteiger partial charge is 0.396 e. The number of thiol groups is 1. The molecule has 0 aromatic carbocycles. The van der Waals surface area contributed by atoms with Crippen LogP contribution in [0.25, 0.3) is 0 Å². The lowest BCUT2D eigenvalue weighted by Crippen LogP contribution is -2.27. The van der Waals surface area contributed by atoms with E-state index in [9.17, 15) is 4.79 Å². The van der Waals surface area contributed by atoms with Crippen LogP contribution in [0.15, 0.2) is 21.1 Å². The fourth-order valence-electron chi connectivity index (χ4n) is 1.73. The van der Waals surface area contributed by atoms with Crippen LogP contribution < -0.4 is 10.6 Å². The monoisotopic (exact) mass is 330 g/mol. The van der Waals surface area contributed by atoms with E-state index >= 15 is 0 Å². The van der Waals surface area contributed by atoms with E-state index < -0.39 is 0 Å². The van der Waals surface area contributed by atoms with Crippen molar-refractivity contribution < 1.29 is 9.90 Å². The Balaban J connectivity index is 2.45. The molecule has 1 heterocycles. The van der Waals surface area contributed by atoms with Gasteiger partial charge in [0.2, 0.25) is 5.91 Å². The topological polar surface area (TPSA) is 86.1 Å². The van der Waals surface area contributed by atoms with Gasteiger partial charge in [0.1, 0.15) is 0 Å². The zero-order chi connectivity index (χ0) is 15.7. The Hall–Kier alpha value is -0.990. The molecule has 21 heavy (non-hydrogen) atoms. The molecule has 0 bridgehead atoms. The average molecular weight is 330 g/mol. The van der Waals surface area contributed by atoms with E-state index in [4.69, 9.17) is 5.11 Å². The highest BCUT2D eigenvalue weighted by atomic mass is 32.2. The summed E-state index contributed by atoms with van der Waals surface area (Å²) in [6.07, 6.45) is 3.26. The maximum atomic E-state index is 11.1. The third-order valence-electron chi connectivity index (χ3n) is 2.74. The minimum Gasteiger partial charge on any atom is -0.396 e. The first-order valence-electron chi connectivity index (χ1n) is 6.80. The zero-order valence-corrected chi connectivity index (χ0v) is 14.0. The molecule has 8 heteroatoms. The van der Waals surface area contributed by atoms with Gasteiger partial charge in [-0.1, -0.05) is 11.8 Å². The van der Waals surface area contributed by atoms with E-state index in [1.54, 1.807) is 11.7 Å². The third kappa shape index (κ3) is 6.54. The lowest BCUT2D eigenvalue weighted by molar-refractivity contribution is -0.117. The number of unbranched alkanes of at least 4 members (excludes halogenated alkanes) is 1. The molecule has 0 saturated heterocycles. The van der Waals surface area contributed by atoms with E-state index in [2.05, 4.69) is 33.2 Å². The van der Waals surface area contributed by atoms with Crippen molar-refractivity contribution in [2.75, 3.05) is 13.2 Å². The summed E-state index contributed by atoms with van der Waals surface area (Å²) < 4.78 is 0. The van der Waals surface area contributed by atoms with Gasteiger partial charge in [0.05, 0.1) is 17.6 Å². The molecule has 0 spiro atoms. The van der Waals surface area contributed by atoms with Gasteiger partial charge in [0, 0.05) is 25.8 Å². The standard InChI is InChI=1S/C13H22N4O2S2/c1-9-12(21-13(16-9)17-10(2)19)11(7-20)15-8-14-5-3-4-6-18/h7-9,12,18,20H,3-6H2,1-2H3,(H,14,15)(H,16,17,19)/b11-7-. The fraction of sp³-hybridized carbons (Fsp3) is 0.615. The molecule has 1 amide bonds. The Morgan fingerprint density at radius 3 is 2.95 bits per heavy atom. The number of aliphatic imine (C=N–C) groups is 2. The van der Waals surface area contributed by atoms with E-state index in [0.717, 1.165) is 18.5 Å². The van der Waals surface area contributed by atoms with Crippen molar-refractivity contribution in [2.24, 2.45) is 9.98 Å². The number of thioether (sulfide) groups is 1. The minimum absolute atomic E-state index is 0.0468. The highest BCUT2D eigenvalue weighted by Gasteiger charge is 2.30. The van der Waals surface area contributed by atoms with Crippen LogP contribution in [0.1, 0.15) is 26.7 Å². The normalized spacial score (nSPS) is 22.5. The second-order valence-corrected chi connectivity index (χ2v) is 5.98. The van der Waals surface area contributed by atoms with E-state index in [0.29, 0.717) is 11.7 Å². The smallest absolute Gasteiger partial charge is 0.222 e. The van der Waals surface area contributed by atoms with Crippen LogP contribution in [0.4, 0.5) is 0 Å². The van der Waals surface area contributed by atoms with Gasteiger partial charge in [-0.15, -0.1) is 12.6 Å². The lowest BCUT2D eigenvalue weighted by atomic mass is 10.2. The average Bonchev–Trinajstić information content (AvgIpc) is 2.78. The molecule has 118 valence electrons. The van der Waals surface area contributed by atoms with Gasteiger partial charge in [0.25, 0.3) is 0 Å². The first-order valence-corrected chi connectivity index (χ1v) is 8.20. The Labute approximate surface area is 135 Å². The SMILES string of the molecule is CC(=O)NC1=NC(C)C(/C(=C/S)NC=NCCCCO)S1. The molecule has 3 N–H and O–H groups in total. The quantitative estimate of drug-likeness (QED) is 0.244. The van der Waals surface area contributed by atoms with Crippen LogP contribution in [0.2, 0.25) is 0 Å². The third-order valence-corrected chi connectivity index (χ3v) is 4.35. The molecule has 1 rings (SSSR count). The summed E-state index contributed by atoms with van der Waals surface area (Å²) in [7, 11) is 0. The summed E-state index contributed by atoms with van der Waals surface area (Å²) >= 11 is 5.71. The molecule has 2 unspecified atom stereocenters. The van der Waals surface area contributed by atoms with Crippen molar-refractivity contribution in [3.05, 3.63) is 11.1 Å². The summed E-state index contributed by atoms with van der Waals surface area (Å²) in [5, 5.41) is 16.9. The summed E-state index contributed by atoms with van der Waals surface area (Å²) in [6, 6.07) is 0.0468. The zero-order valence-electron chi connectivity index (χ0n) is 12.2. The van der Waals surface area contributed by atoms with Crippen LogP contribution in [-0.2, 0) is 4.79 Å². The fourth-order valence-corrected chi connectivity index (χ4v) is 3.26. The Kier molecular flexibility index (Phi) is 8.48. The molecule has 1 aliphatic heterocycles. The minimum atomic E-state index is -0.121. The van der Waals surface area contributed by atoms with Gasteiger partial charge in [-0.05, 0) is 25.2 Å². The predicted octanol–water partition coefficient (Wildman–Crippen LogP) is 1.14. The second-order valence-electron chi connectivity index (χ2n) is 4.59. The van der Waals surface area contributed by atoms with Gasteiger partial charge in [0.15, 0.2) is 5.17 Å². The van der Waals surface area contributed by atoms with E-state index in [-0.39, 0.29) is 23.8 Å². The molecule has 6 nitrogen and oxygen atoms in total. The van der Waals surface area contributed by atoms with Gasteiger partial charge in [-0.2, -0.15) is 0 Å². The summed E-state index contributed by atoms with van der Waals surface area (Å²) in [6.45, 7) is 4.33. The van der Waals surface area contributed by atoms with Gasteiger partial charge < -0.3 is 15.7 Å². The van der Waals surface area contributed by atoms with Gasteiger partial charge in [-0.3, -0.25) is 14.8 Å². The maximum absolute atomic E-state index is 11.1. The summed E-state index contributed by atoms with van der Waals surface area (Å²) in [5.74, 6) is -0.121. The molecule has 2 atom stereocenters. The molecular weight excluding hydrogens is 308 g/mol. The Morgan fingerprint density at radius 2 is 2.33 bits per heavy atom. The Bertz CT molecular complexity index is 438. The molecule has 0 aromatic heterocycles. The van der Waals surface area contributed by atoms with E-state index in [1.165, 1.54) is 18.7 Å². The first kappa shape index (κ1) is 18.1. The highest BCUT2D eigenvalue weighted by molar-refractivity contribution is 8.14. The number of hydrogen-bond donors (Lipinski definition) is 4. The molecular formula is C13H22N4O2S2. The first-order chi connectivity index (χ1) is 10.1. The number of nitrogens with one attached hydrogen (secondary N) is 2. The van der Waals surface area contributed by atoms with Crippen LogP contribution in [-0.4, -0.2) is 47.0 Å². The van der Waals surface area contributed by atoms with Gasteiger partial charge >= 0.3 is 0 Å². The van der Waals surface area contributed by atoms with Crippen molar-refractivity contribution in [1.82, 2.24) is 10.6 Å². The van der Waals surface area contributed by atoms with Crippen molar-refractivity contribution >= 4 is 41.8 Å². The Morgan fingerprint density at radius 1 is 1.57 bits per heavy atom. The number of aliphatic hydroxyl groups excluding tert-OH is 1. The molecule has 0 radical (unpaired) electrons. The van der Waals surface area contributed by atoms with Crippen molar-refractivity contribution in [3.63, 3.8) is 0 Å². The number of hydrogen-bond acceptors (Lipinski definition) is 6. The number of amides is 1. The van der Waals surface area contributed by atoms with Crippen molar-refractivity contribution in [2.45, 2.75) is 38.0 Å². The van der Waals surface area contributed by atoms with Crippen molar-refractivity contribution in [3.8, 4) is 0 Å². The number of carbonyl (C=O) groups is 1. The van der Waals surface area contributed by atoms with Crippen LogP contribution in [0, 0.1) is 0 Å². The number of nitrogens with zero attached hydrogens (tertiary/aromatic N) is 2. The molecule has 0 aromatic rings. The number of rotatable bonds is 7. The number of amidine groups is 1. The lowest BCUT2D eigenvalue weighted by Gasteiger charge is -2.16. The van der Waals surface area contributed by atoms with E-state index in [1.807, 2.05) is 6.92 Å². The maximum Gasteiger partial charge on any atom is 0.222 e. The van der Waals surface area contributed by atoms with Crippen molar-refractivity contribution in [1.29, 1.82) is 0 Å². The summed E-state index contributed by atoms with van der Waals surface area (Å²) in [5.41, 5.74) is 0.894. The summed E-state index contributed by atoms with van der Waals surface area (Å²) in [4.78, 5) is 19.7. The number of carbonyl (C=O) groups excluding carboxylic acids is 1. The molecule has 1 aliphatic rings. The second kappa shape index (κ2) is 9.86. The highest BCUT2D eigenvalue weighted by Crippen LogP contribution is 2.30. The number of aliphatic hydroxyl groups is 1. The van der Waals surface area contributed by atoms with Gasteiger partial charge in [-0.25, -0.2) is 0 Å². The van der Waals surface area contributed by atoms with Crippen LogP contribution in [0.5, 0.6) is 0 Å². The van der Waals surface area contributed by atoms with Crippen LogP contribution >= 0.6 is 24.4 Å². The predicted molar refractivity (Wildman–Crippen MR) is 92.0 cm³/mol. The van der Waals surface area contributed by atoms with Crippen LogP contribution in [0.3, 0.4) is 0 Å². The molecule has 0 fully saturated rings.